The van der Waals surface area contributed by atoms with Crippen LogP contribution in [0.4, 0.5) is 0 Å². The number of methoxy groups -OCH3 is 2. The van der Waals surface area contributed by atoms with Gasteiger partial charge in [0.25, 0.3) is 0 Å². The highest BCUT2D eigenvalue weighted by molar-refractivity contribution is 7.13. The number of furan rings is 1. The lowest BCUT2D eigenvalue weighted by Crippen LogP contribution is -2.18. The Morgan fingerprint density at radius 1 is 1.20 bits per heavy atom. The minimum atomic E-state index is -0.0950. The summed E-state index contributed by atoms with van der Waals surface area (Å²) in [4.78, 5) is 15.6. The number of ether oxygens (including phenoxy) is 2. The second-order valence-electron chi connectivity index (χ2n) is 5.28. The van der Waals surface area contributed by atoms with Crippen LogP contribution >= 0.6 is 11.3 Å². The molecule has 0 bridgehead atoms. The van der Waals surface area contributed by atoms with E-state index in [-0.39, 0.29) is 5.91 Å². The Morgan fingerprint density at radius 2 is 2.00 bits per heavy atom. The first kappa shape index (κ1) is 17.0. The van der Waals surface area contributed by atoms with Crippen molar-refractivity contribution in [3.05, 3.63) is 41.5 Å². The molecule has 7 heteroatoms. The fourth-order valence-electron chi connectivity index (χ4n) is 2.31. The molecule has 0 unspecified atom stereocenters. The van der Waals surface area contributed by atoms with Crippen molar-refractivity contribution in [3.63, 3.8) is 0 Å². The summed E-state index contributed by atoms with van der Waals surface area (Å²) in [7, 11) is 3.21. The molecule has 0 aliphatic heterocycles. The van der Waals surface area contributed by atoms with E-state index in [1.54, 1.807) is 14.2 Å². The highest BCUT2D eigenvalue weighted by Crippen LogP contribution is 2.35. The molecule has 1 aromatic carbocycles. The van der Waals surface area contributed by atoms with E-state index in [4.69, 9.17) is 13.9 Å². The topological polar surface area (TPSA) is 73.6 Å². The summed E-state index contributed by atoms with van der Waals surface area (Å²) in [5, 5.41) is 5.50. The molecule has 0 spiro atoms. The monoisotopic (exact) mass is 358 g/mol. The van der Waals surface area contributed by atoms with Crippen molar-refractivity contribution in [2.45, 2.75) is 13.5 Å². The molecular weight excluding hydrogens is 340 g/mol. The number of nitrogens with zero attached hydrogens (tertiary/aromatic N) is 1. The van der Waals surface area contributed by atoms with E-state index < -0.39 is 0 Å². The van der Waals surface area contributed by atoms with Gasteiger partial charge in [-0.1, -0.05) is 0 Å². The number of carbonyl (C=O) groups excluding carboxylic acids is 1. The van der Waals surface area contributed by atoms with Gasteiger partial charge in [-0.3, -0.25) is 4.79 Å². The van der Waals surface area contributed by atoms with Gasteiger partial charge in [0.1, 0.15) is 16.5 Å². The molecular formula is C18H18N2O4S. The molecule has 25 heavy (non-hydrogen) atoms. The van der Waals surface area contributed by atoms with Gasteiger partial charge in [0.2, 0.25) is 5.91 Å². The van der Waals surface area contributed by atoms with Gasteiger partial charge in [0, 0.05) is 17.9 Å². The van der Waals surface area contributed by atoms with Crippen LogP contribution in [0.2, 0.25) is 0 Å². The van der Waals surface area contributed by atoms with Crippen LogP contribution in [0, 0.1) is 0 Å². The van der Waals surface area contributed by atoms with Gasteiger partial charge in [0.15, 0.2) is 17.3 Å². The molecule has 0 aliphatic carbocycles. The maximum Gasteiger partial charge on any atom is 0.217 e. The summed E-state index contributed by atoms with van der Waals surface area (Å²) in [6, 6.07) is 9.37. The first-order valence-corrected chi connectivity index (χ1v) is 8.50. The predicted molar refractivity (Wildman–Crippen MR) is 95.9 cm³/mol. The lowest BCUT2D eigenvalue weighted by Gasteiger charge is -2.08. The summed E-state index contributed by atoms with van der Waals surface area (Å²) < 4.78 is 16.3. The Labute approximate surface area is 149 Å². The van der Waals surface area contributed by atoms with Gasteiger partial charge >= 0.3 is 0 Å². The minimum absolute atomic E-state index is 0.0950. The fraction of sp³-hybridized carbons (Fsp3) is 0.222. The average molecular weight is 358 g/mol. The largest absolute Gasteiger partial charge is 0.493 e. The van der Waals surface area contributed by atoms with Gasteiger partial charge in [-0.2, -0.15) is 0 Å². The maximum absolute atomic E-state index is 11.0. The lowest BCUT2D eigenvalue weighted by atomic mass is 10.2. The molecule has 1 N–H and O–H groups in total. The predicted octanol–water partition coefficient (Wildman–Crippen LogP) is 3.72. The van der Waals surface area contributed by atoms with Crippen LogP contribution in [0.5, 0.6) is 11.5 Å². The Bertz CT molecular complexity index is 885. The van der Waals surface area contributed by atoms with E-state index in [0.717, 1.165) is 16.3 Å². The van der Waals surface area contributed by atoms with Crippen molar-refractivity contribution in [1.29, 1.82) is 0 Å². The van der Waals surface area contributed by atoms with Crippen molar-refractivity contribution in [2.75, 3.05) is 14.2 Å². The molecule has 2 heterocycles. The third-order valence-electron chi connectivity index (χ3n) is 3.56. The first-order chi connectivity index (χ1) is 12.1. The van der Waals surface area contributed by atoms with Crippen LogP contribution in [0.3, 0.4) is 0 Å². The van der Waals surface area contributed by atoms with Crippen LogP contribution in [0.25, 0.3) is 22.0 Å². The Hall–Kier alpha value is -2.80. The molecule has 130 valence electrons. The Kier molecular flexibility index (Phi) is 5.04. The molecule has 0 radical (unpaired) electrons. The van der Waals surface area contributed by atoms with Gasteiger partial charge in [-0.25, -0.2) is 4.98 Å². The van der Waals surface area contributed by atoms with E-state index in [0.29, 0.717) is 29.6 Å². The van der Waals surface area contributed by atoms with Gasteiger partial charge in [0.05, 0.1) is 20.8 Å². The normalized spacial score (nSPS) is 10.5. The first-order valence-electron chi connectivity index (χ1n) is 7.62. The summed E-state index contributed by atoms with van der Waals surface area (Å²) in [6.07, 6.45) is 0. The molecule has 0 saturated heterocycles. The van der Waals surface area contributed by atoms with Crippen LogP contribution < -0.4 is 14.8 Å². The third kappa shape index (κ3) is 3.83. The zero-order valence-corrected chi connectivity index (χ0v) is 15.0. The number of rotatable bonds is 6. The summed E-state index contributed by atoms with van der Waals surface area (Å²) in [6.45, 7) is 1.84. The second-order valence-corrected chi connectivity index (χ2v) is 6.14. The summed E-state index contributed by atoms with van der Waals surface area (Å²) >= 11 is 1.52. The molecule has 0 fully saturated rings. The van der Waals surface area contributed by atoms with E-state index in [9.17, 15) is 4.79 Å². The number of benzene rings is 1. The number of carbonyl (C=O) groups is 1. The van der Waals surface area contributed by atoms with Crippen molar-refractivity contribution in [1.82, 2.24) is 10.3 Å². The molecule has 2 aromatic heterocycles. The fourth-order valence-corrected chi connectivity index (χ4v) is 3.12. The molecule has 3 rings (SSSR count). The van der Waals surface area contributed by atoms with Crippen molar-refractivity contribution in [3.8, 4) is 33.5 Å². The maximum atomic E-state index is 11.0. The molecule has 0 atom stereocenters. The van der Waals surface area contributed by atoms with Gasteiger partial charge in [-0.05, 0) is 30.3 Å². The van der Waals surface area contributed by atoms with E-state index in [1.807, 2.05) is 35.7 Å². The smallest absolute Gasteiger partial charge is 0.217 e. The second kappa shape index (κ2) is 7.40. The zero-order valence-electron chi connectivity index (χ0n) is 14.2. The zero-order chi connectivity index (χ0) is 17.8. The number of nitrogens with one attached hydrogen (secondary N) is 1. The van der Waals surface area contributed by atoms with Crippen molar-refractivity contribution < 1.29 is 18.7 Å². The lowest BCUT2D eigenvalue weighted by molar-refractivity contribution is -0.119. The summed E-state index contributed by atoms with van der Waals surface area (Å²) in [5.74, 6) is 2.60. The molecule has 0 aliphatic rings. The Morgan fingerprint density at radius 3 is 2.72 bits per heavy atom. The quantitative estimate of drug-likeness (QED) is 0.727. The van der Waals surface area contributed by atoms with Crippen LogP contribution in [-0.2, 0) is 11.3 Å². The highest BCUT2D eigenvalue weighted by Gasteiger charge is 2.13. The number of amides is 1. The van der Waals surface area contributed by atoms with E-state index in [1.165, 1.54) is 18.3 Å². The number of hydrogen-bond acceptors (Lipinski definition) is 6. The Balaban J connectivity index is 1.82. The van der Waals surface area contributed by atoms with Crippen LogP contribution in [0.1, 0.15) is 12.7 Å². The molecule has 3 aromatic rings. The summed E-state index contributed by atoms with van der Waals surface area (Å²) in [5.41, 5.74) is 1.70. The number of thiazole rings is 1. The van der Waals surface area contributed by atoms with Crippen LogP contribution in [0.15, 0.2) is 40.1 Å². The van der Waals surface area contributed by atoms with Gasteiger partial charge < -0.3 is 19.2 Å². The van der Waals surface area contributed by atoms with Crippen molar-refractivity contribution in [2.24, 2.45) is 0 Å². The SMILES string of the molecule is COc1ccc(-c2nc(-c3ccc(CNC(C)=O)o3)cs2)cc1OC. The van der Waals surface area contributed by atoms with Crippen LogP contribution in [-0.4, -0.2) is 25.1 Å². The minimum Gasteiger partial charge on any atom is -0.493 e. The third-order valence-corrected chi connectivity index (χ3v) is 4.45. The molecule has 0 saturated carbocycles. The standard InChI is InChI=1S/C18H18N2O4S/c1-11(21)19-9-13-5-7-15(24-13)14-10-25-18(20-14)12-4-6-16(22-2)17(8-12)23-3/h4-8,10H,9H2,1-3H3,(H,19,21). The molecule has 6 nitrogen and oxygen atoms in total. The highest BCUT2D eigenvalue weighted by atomic mass is 32.1. The number of aromatic nitrogens is 1. The van der Waals surface area contributed by atoms with Crippen molar-refractivity contribution >= 4 is 17.2 Å². The number of hydrogen-bond donors (Lipinski definition) is 1. The molecule has 1 amide bonds. The average Bonchev–Trinajstić information content (AvgIpc) is 3.28. The van der Waals surface area contributed by atoms with E-state index >= 15 is 0 Å². The van der Waals surface area contributed by atoms with E-state index in [2.05, 4.69) is 10.3 Å². The van der Waals surface area contributed by atoms with Gasteiger partial charge in [-0.15, -0.1) is 11.3 Å².